The second kappa shape index (κ2) is 6.64. The normalized spacial score (nSPS) is 18.8. The van der Waals surface area contributed by atoms with Crippen LogP contribution >= 0.6 is 0 Å². The van der Waals surface area contributed by atoms with Crippen LogP contribution in [0.15, 0.2) is 42.5 Å². The standard InChI is InChI=1S/C19H19NO5/c21-14(12-5-6-15-13(9-12)7-8-23-15)10-20-19(22)18-11-24-16-3-1-2-4-17(16)25-18/h1-6,9,14,18,21H,7-8,10-11H2,(H,20,22). The molecule has 6 nitrogen and oxygen atoms in total. The molecule has 2 aromatic carbocycles. The van der Waals surface area contributed by atoms with E-state index in [1.54, 1.807) is 12.1 Å². The van der Waals surface area contributed by atoms with Crippen molar-refractivity contribution >= 4 is 5.91 Å². The first-order valence-corrected chi connectivity index (χ1v) is 8.30. The molecule has 25 heavy (non-hydrogen) atoms. The van der Waals surface area contributed by atoms with E-state index in [0.29, 0.717) is 18.1 Å². The maximum Gasteiger partial charge on any atom is 0.264 e. The van der Waals surface area contributed by atoms with E-state index in [1.165, 1.54) is 0 Å². The van der Waals surface area contributed by atoms with Crippen LogP contribution in [0.5, 0.6) is 17.2 Å². The highest BCUT2D eigenvalue weighted by molar-refractivity contribution is 5.81. The van der Waals surface area contributed by atoms with Crippen LogP contribution in [-0.2, 0) is 11.2 Å². The molecule has 0 aliphatic carbocycles. The Hall–Kier alpha value is -2.73. The molecule has 2 atom stereocenters. The molecule has 130 valence electrons. The minimum atomic E-state index is -0.786. The summed E-state index contributed by atoms with van der Waals surface area (Å²) in [5.41, 5.74) is 1.85. The summed E-state index contributed by atoms with van der Waals surface area (Å²) >= 11 is 0. The lowest BCUT2D eigenvalue weighted by Gasteiger charge is -2.26. The number of hydrogen-bond acceptors (Lipinski definition) is 5. The number of carbonyl (C=O) groups is 1. The average molecular weight is 341 g/mol. The molecule has 2 unspecified atom stereocenters. The van der Waals surface area contributed by atoms with Crippen LogP contribution in [0.4, 0.5) is 0 Å². The van der Waals surface area contributed by atoms with E-state index in [9.17, 15) is 9.90 Å². The largest absolute Gasteiger partial charge is 0.493 e. The van der Waals surface area contributed by atoms with Crippen LogP contribution in [0.2, 0.25) is 0 Å². The molecule has 0 saturated heterocycles. The number of benzene rings is 2. The fourth-order valence-corrected chi connectivity index (χ4v) is 2.99. The Labute approximate surface area is 145 Å². The number of aliphatic hydroxyl groups excluding tert-OH is 1. The van der Waals surface area contributed by atoms with E-state index in [1.807, 2.05) is 30.3 Å². The third kappa shape index (κ3) is 3.25. The summed E-state index contributed by atoms with van der Waals surface area (Å²) < 4.78 is 16.7. The first-order valence-electron chi connectivity index (χ1n) is 8.30. The van der Waals surface area contributed by atoms with Crippen molar-refractivity contribution in [2.75, 3.05) is 19.8 Å². The van der Waals surface area contributed by atoms with E-state index in [4.69, 9.17) is 14.2 Å². The molecule has 2 aliphatic rings. The second-order valence-corrected chi connectivity index (χ2v) is 6.09. The Bertz CT molecular complexity index is 791. The SMILES string of the molecule is O=C(NCC(O)c1ccc2c(c1)CCO2)C1COc2ccccc2O1. The molecule has 2 heterocycles. The highest BCUT2D eigenvalue weighted by Gasteiger charge is 2.27. The summed E-state index contributed by atoms with van der Waals surface area (Å²) in [6.45, 7) is 0.932. The summed E-state index contributed by atoms with van der Waals surface area (Å²) in [6.07, 6.45) is -0.670. The molecular weight excluding hydrogens is 322 g/mol. The van der Waals surface area contributed by atoms with Crippen LogP contribution in [0, 0.1) is 0 Å². The predicted molar refractivity (Wildman–Crippen MR) is 90.0 cm³/mol. The van der Waals surface area contributed by atoms with Gasteiger partial charge in [-0.15, -0.1) is 0 Å². The van der Waals surface area contributed by atoms with E-state index in [-0.39, 0.29) is 19.1 Å². The second-order valence-electron chi connectivity index (χ2n) is 6.09. The maximum atomic E-state index is 12.3. The number of para-hydroxylation sites is 2. The monoisotopic (exact) mass is 341 g/mol. The number of aliphatic hydroxyl groups is 1. The van der Waals surface area contributed by atoms with Gasteiger partial charge in [-0.05, 0) is 35.4 Å². The van der Waals surface area contributed by atoms with Crippen molar-refractivity contribution in [1.29, 1.82) is 0 Å². The first-order chi connectivity index (χ1) is 12.2. The van der Waals surface area contributed by atoms with Crippen molar-refractivity contribution in [2.24, 2.45) is 0 Å². The van der Waals surface area contributed by atoms with Crippen LogP contribution in [0.3, 0.4) is 0 Å². The molecule has 1 amide bonds. The summed E-state index contributed by atoms with van der Waals surface area (Å²) in [5.74, 6) is 1.74. The number of hydrogen-bond donors (Lipinski definition) is 2. The highest BCUT2D eigenvalue weighted by Crippen LogP contribution is 2.31. The molecular formula is C19H19NO5. The summed E-state index contributed by atoms with van der Waals surface area (Å²) in [4.78, 5) is 12.3. The predicted octanol–water partition coefficient (Wildman–Crippen LogP) is 1.61. The maximum absolute atomic E-state index is 12.3. The van der Waals surface area contributed by atoms with Gasteiger partial charge in [-0.2, -0.15) is 0 Å². The van der Waals surface area contributed by atoms with Gasteiger partial charge in [-0.3, -0.25) is 4.79 Å². The van der Waals surface area contributed by atoms with Gasteiger partial charge in [0.05, 0.1) is 12.7 Å². The van der Waals surface area contributed by atoms with Gasteiger partial charge < -0.3 is 24.6 Å². The Kier molecular flexibility index (Phi) is 4.19. The number of nitrogens with one attached hydrogen (secondary N) is 1. The number of rotatable bonds is 4. The molecule has 4 rings (SSSR count). The number of carbonyl (C=O) groups excluding carboxylic acids is 1. The minimum absolute atomic E-state index is 0.111. The van der Waals surface area contributed by atoms with E-state index in [2.05, 4.69) is 5.32 Å². The van der Waals surface area contributed by atoms with Crippen molar-refractivity contribution in [3.05, 3.63) is 53.6 Å². The Morgan fingerprint density at radius 1 is 1.16 bits per heavy atom. The molecule has 0 saturated carbocycles. The van der Waals surface area contributed by atoms with Gasteiger partial charge in [-0.1, -0.05) is 18.2 Å². The smallest absolute Gasteiger partial charge is 0.264 e. The van der Waals surface area contributed by atoms with Crippen LogP contribution in [0.1, 0.15) is 17.2 Å². The fraction of sp³-hybridized carbons (Fsp3) is 0.316. The summed E-state index contributed by atoms with van der Waals surface area (Å²) in [7, 11) is 0. The number of ether oxygens (including phenoxy) is 3. The van der Waals surface area contributed by atoms with Gasteiger partial charge in [0, 0.05) is 13.0 Å². The molecule has 2 aromatic rings. The molecule has 0 radical (unpaired) electrons. The fourth-order valence-electron chi connectivity index (χ4n) is 2.99. The van der Waals surface area contributed by atoms with Gasteiger partial charge >= 0.3 is 0 Å². The van der Waals surface area contributed by atoms with Gasteiger partial charge in [-0.25, -0.2) is 0 Å². The molecule has 0 aromatic heterocycles. The summed E-state index contributed by atoms with van der Waals surface area (Å²) in [5, 5.41) is 13.1. The molecule has 0 fully saturated rings. The third-order valence-corrected chi connectivity index (χ3v) is 4.37. The molecule has 2 N–H and O–H groups in total. The van der Waals surface area contributed by atoms with Crippen molar-refractivity contribution in [3.8, 4) is 17.2 Å². The highest BCUT2D eigenvalue weighted by atomic mass is 16.6. The quantitative estimate of drug-likeness (QED) is 0.884. The minimum Gasteiger partial charge on any atom is -0.493 e. The Morgan fingerprint density at radius 2 is 2.00 bits per heavy atom. The van der Waals surface area contributed by atoms with Gasteiger partial charge in [0.15, 0.2) is 11.5 Å². The lowest BCUT2D eigenvalue weighted by molar-refractivity contribution is -0.130. The van der Waals surface area contributed by atoms with E-state index >= 15 is 0 Å². The third-order valence-electron chi connectivity index (χ3n) is 4.37. The van der Waals surface area contributed by atoms with E-state index < -0.39 is 12.2 Å². The Balaban J connectivity index is 1.34. The van der Waals surface area contributed by atoms with Gasteiger partial charge in [0.25, 0.3) is 5.91 Å². The average Bonchev–Trinajstić information content (AvgIpc) is 3.13. The molecule has 6 heteroatoms. The van der Waals surface area contributed by atoms with Crippen molar-refractivity contribution < 1.29 is 24.1 Å². The molecule has 0 spiro atoms. The van der Waals surface area contributed by atoms with Gasteiger partial charge in [0.1, 0.15) is 12.4 Å². The van der Waals surface area contributed by atoms with Crippen molar-refractivity contribution in [3.63, 3.8) is 0 Å². The lowest BCUT2D eigenvalue weighted by atomic mass is 10.0. The first kappa shape index (κ1) is 15.8. The van der Waals surface area contributed by atoms with Crippen molar-refractivity contribution in [1.82, 2.24) is 5.32 Å². The van der Waals surface area contributed by atoms with Gasteiger partial charge in [0.2, 0.25) is 6.10 Å². The Morgan fingerprint density at radius 3 is 2.88 bits per heavy atom. The zero-order valence-corrected chi connectivity index (χ0v) is 13.6. The lowest BCUT2D eigenvalue weighted by Crippen LogP contribution is -2.45. The number of amides is 1. The zero-order valence-electron chi connectivity index (χ0n) is 13.6. The van der Waals surface area contributed by atoms with Crippen LogP contribution in [0.25, 0.3) is 0 Å². The molecule has 0 bridgehead atoms. The number of fused-ring (bicyclic) bond motifs is 2. The molecule has 2 aliphatic heterocycles. The zero-order chi connectivity index (χ0) is 17.2. The topological polar surface area (TPSA) is 77.0 Å². The van der Waals surface area contributed by atoms with Crippen LogP contribution in [-0.4, -0.2) is 36.9 Å². The summed E-state index contributed by atoms with van der Waals surface area (Å²) in [6, 6.07) is 12.8. The van der Waals surface area contributed by atoms with Crippen molar-refractivity contribution in [2.45, 2.75) is 18.6 Å². The van der Waals surface area contributed by atoms with E-state index in [0.717, 1.165) is 23.3 Å². The van der Waals surface area contributed by atoms with Crippen LogP contribution < -0.4 is 19.5 Å².